The van der Waals surface area contributed by atoms with Gasteiger partial charge in [0.15, 0.2) is 11.5 Å². The van der Waals surface area contributed by atoms with E-state index in [0.717, 1.165) is 5.56 Å². The topological polar surface area (TPSA) is 99.9 Å². The Morgan fingerprint density at radius 1 is 0.971 bits per heavy atom. The van der Waals surface area contributed by atoms with Gasteiger partial charge in [-0.1, -0.05) is 18.2 Å². The lowest BCUT2D eigenvalue weighted by Crippen LogP contribution is -2.16. The highest BCUT2D eigenvalue weighted by Crippen LogP contribution is 2.38. The van der Waals surface area contributed by atoms with Gasteiger partial charge in [0, 0.05) is 17.3 Å². The van der Waals surface area contributed by atoms with Crippen molar-refractivity contribution in [3.05, 3.63) is 72.3 Å². The van der Waals surface area contributed by atoms with Crippen LogP contribution in [0.4, 0.5) is 11.6 Å². The molecule has 0 unspecified atom stereocenters. The van der Waals surface area contributed by atoms with Crippen molar-refractivity contribution in [1.29, 1.82) is 0 Å². The summed E-state index contributed by atoms with van der Waals surface area (Å²) in [6, 6.07) is 19.1. The van der Waals surface area contributed by atoms with Gasteiger partial charge in [-0.2, -0.15) is 4.98 Å². The summed E-state index contributed by atoms with van der Waals surface area (Å²) < 4.78 is 50.0. The van der Waals surface area contributed by atoms with Crippen molar-refractivity contribution >= 4 is 21.4 Å². The first-order valence-corrected chi connectivity index (χ1v) is 12.7. The Kier molecular flexibility index (Phi) is 6.08. The van der Waals surface area contributed by atoms with Gasteiger partial charge >= 0.3 is 0 Å². The van der Waals surface area contributed by atoms with E-state index in [-0.39, 0.29) is 21.7 Å². The predicted octanol–water partition coefficient (Wildman–Crippen LogP) is 5.40. The average Bonchev–Trinajstić information content (AvgIpc) is 3.30. The molecule has 0 bridgehead atoms. The first-order valence-electron chi connectivity index (χ1n) is 11.2. The van der Waals surface area contributed by atoms with Crippen molar-refractivity contribution in [1.82, 2.24) is 4.98 Å². The van der Waals surface area contributed by atoms with Crippen LogP contribution in [-0.4, -0.2) is 33.2 Å². The number of benzene rings is 3. The molecule has 0 radical (unpaired) electrons. The Balaban J connectivity index is 1.59. The Morgan fingerprint density at radius 3 is 2.46 bits per heavy atom. The fraction of sp³-hybridized carbons (Fsp3) is 0.192. The lowest BCUT2D eigenvalue weighted by molar-refractivity contribution is 0.171. The van der Waals surface area contributed by atoms with Crippen molar-refractivity contribution in [2.24, 2.45) is 0 Å². The third-order valence-electron chi connectivity index (χ3n) is 5.48. The number of fused-ring (bicyclic) bond motifs is 1. The molecule has 1 aliphatic rings. The maximum Gasteiger partial charge on any atom is 0.238 e. The molecule has 180 valence electrons. The molecule has 35 heavy (non-hydrogen) atoms. The number of hydrogen-bond donors (Lipinski definition) is 1. The fourth-order valence-corrected chi connectivity index (χ4v) is 4.96. The van der Waals surface area contributed by atoms with Crippen molar-refractivity contribution in [2.75, 3.05) is 25.1 Å². The fourth-order valence-electron chi connectivity index (χ4n) is 3.69. The van der Waals surface area contributed by atoms with Crippen LogP contribution in [0, 0.1) is 6.92 Å². The normalized spacial score (nSPS) is 12.9. The zero-order chi connectivity index (χ0) is 24.4. The number of aryl methyl sites for hydroxylation is 1. The molecular formula is C26H24N2O6S. The first kappa shape index (κ1) is 22.8. The molecule has 9 heteroatoms. The number of aromatic nitrogens is 1. The van der Waals surface area contributed by atoms with Gasteiger partial charge in [-0.25, -0.2) is 8.42 Å². The van der Waals surface area contributed by atoms with Crippen LogP contribution in [0.1, 0.15) is 12.5 Å². The lowest BCUT2D eigenvalue weighted by Gasteiger charge is -2.18. The summed E-state index contributed by atoms with van der Waals surface area (Å²) in [6.07, 6.45) is 0. The third-order valence-corrected chi connectivity index (χ3v) is 7.14. The van der Waals surface area contributed by atoms with Crippen molar-refractivity contribution in [3.8, 4) is 28.7 Å². The highest BCUT2D eigenvalue weighted by Gasteiger charge is 2.30. The van der Waals surface area contributed by atoms with E-state index in [1.54, 1.807) is 30.3 Å². The number of anilines is 2. The highest BCUT2D eigenvalue weighted by molar-refractivity contribution is 7.91. The zero-order valence-electron chi connectivity index (χ0n) is 19.3. The van der Waals surface area contributed by atoms with Gasteiger partial charge in [0.1, 0.15) is 19.0 Å². The Morgan fingerprint density at radius 2 is 1.71 bits per heavy atom. The molecule has 1 aliphatic heterocycles. The molecular weight excluding hydrogens is 468 g/mol. The number of nitrogens with zero attached hydrogens (tertiary/aromatic N) is 1. The molecule has 0 saturated heterocycles. The molecule has 0 aliphatic carbocycles. The maximum absolute atomic E-state index is 13.7. The van der Waals surface area contributed by atoms with Crippen LogP contribution in [0.25, 0.3) is 11.5 Å². The predicted molar refractivity (Wildman–Crippen MR) is 130 cm³/mol. The third kappa shape index (κ3) is 4.54. The molecule has 0 atom stereocenters. The molecule has 4 aromatic rings. The number of hydrogen-bond acceptors (Lipinski definition) is 8. The van der Waals surface area contributed by atoms with Crippen LogP contribution >= 0.6 is 0 Å². The second-order valence-electron chi connectivity index (χ2n) is 7.86. The Hall–Kier alpha value is -3.98. The molecule has 0 spiro atoms. The number of nitrogens with one attached hydrogen (secondary N) is 1. The summed E-state index contributed by atoms with van der Waals surface area (Å²) in [5.41, 5.74) is 2.25. The van der Waals surface area contributed by atoms with E-state index in [9.17, 15) is 8.42 Å². The largest absolute Gasteiger partial charge is 0.494 e. The Bertz CT molecular complexity index is 1460. The van der Waals surface area contributed by atoms with Crippen molar-refractivity contribution < 1.29 is 27.0 Å². The minimum Gasteiger partial charge on any atom is -0.494 e. The van der Waals surface area contributed by atoms with Crippen molar-refractivity contribution in [3.63, 3.8) is 0 Å². The van der Waals surface area contributed by atoms with E-state index in [1.807, 2.05) is 38.1 Å². The van der Waals surface area contributed by atoms with Crippen LogP contribution in [-0.2, 0) is 9.84 Å². The van der Waals surface area contributed by atoms with Gasteiger partial charge in [-0.05, 0) is 61.9 Å². The number of oxazole rings is 1. The maximum atomic E-state index is 13.7. The quantitative estimate of drug-likeness (QED) is 0.366. The minimum absolute atomic E-state index is 0.0260. The van der Waals surface area contributed by atoms with E-state index in [1.165, 1.54) is 12.1 Å². The molecule has 0 amide bonds. The van der Waals surface area contributed by atoms with Gasteiger partial charge < -0.3 is 23.9 Å². The van der Waals surface area contributed by atoms with Crippen molar-refractivity contribution in [2.45, 2.75) is 23.8 Å². The lowest BCUT2D eigenvalue weighted by atomic mass is 10.2. The highest BCUT2D eigenvalue weighted by atomic mass is 32.2. The van der Waals surface area contributed by atoms with Crippen LogP contribution in [0.2, 0.25) is 0 Å². The SMILES string of the molecule is CCOc1ccc(-c2nc(S(=O)(=O)c3ccc4c(c3)OCCO4)c(Nc3ccccc3C)o2)cc1. The monoisotopic (exact) mass is 492 g/mol. The summed E-state index contributed by atoms with van der Waals surface area (Å²) in [5, 5.41) is 2.89. The average molecular weight is 493 g/mol. The van der Waals surface area contributed by atoms with E-state index >= 15 is 0 Å². The van der Waals surface area contributed by atoms with E-state index < -0.39 is 9.84 Å². The van der Waals surface area contributed by atoms with Crippen LogP contribution in [0.15, 0.2) is 81.1 Å². The van der Waals surface area contributed by atoms with E-state index in [4.69, 9.17) is 18.6 Å². The van der Waals surface area contributed by atoms with Crippen LogP contribution in [0.3, 0.4) is 0 Å². The molecule has 5 rings (SSSR count). The second-order valence-corrected chi connectivity index (χ2v) is 9.72. The Labute approximate surface area is 203 Å². The summed E-state index contributed by atoms with van der Waals surface area (Å²) in [6.45, 7) is 5.13. The number of rotatable bonds is 7. The molecule has 3 aromatic carbocycles. The van der Waals surface area contributed by atoms with E-state index in [0.29, 0.717) is 48.3 Å². The first-order chi connectivity index (χ1) is 17.0. The molecule has 2 heterocycles. The van der Waals surface area contributed by atoms with Gasteiger partial charge in [0.25, 0.3) is 0 Å². The smallest absolute Gasteiger partial charge is 0.238 e. The van der Waals surface area contributed by atoms with E-state index in [2.05, 4.69) is 10.3 Å². The second kappa shape index (κ2) is 9.34. The van der Waals surface area contributed by atoms with Gasteiger partial charge in [0.2, 0.25) is 26.6 Å². The molecule has 8 nitrogen and oxygen atoms in total. The van der Waals surface area contributed by atoms with Crippen LogP contribution < -0.4 is 19.5 Å². The molecule has 1 N–H and O–H groups in total. The molecule has 1 aromatic heterocycles. The summed E-state index contributed by atoms with van der Waals surface area (Å²) >= 11 is 0. The van der Waals surface area contributed by atoms with Gasteiger partial charge in [-0.3, -0.25) is 0 Å². The number of para-hydroxylation sites is 1. The summed E-state index contributed by atoms with van der Waals surface area (Å²) in [4.78, 5) is 4.44. The number of ether oxygens (including phenoxy) is 3. The zero-order valence-corrected chi connectivity index (χ0v) is 20.1. The minimum atomic E-state index is -4.07. The molecule has 0 saturated carbocycles. The summed E-state index contributed by atoms with van der Waals surface area (Å²) in [7, 11) is -4.07. The number of sulfone groups is 1. The standard InChI is InChI=1S/C26H24N2O6S/c1-3-31-19-10-8-18(9-11-19)24-28-26(25(34-24)27-21-7-5-4-6-17(21)2)35(29,30)20-12-13-22-23(16-20)33-15-14-32-22/h4-13,16,27H,3,14-15H2,1-2H3. The molecule has 0 fully saturated rings. The van der Waals surface area contributed by atoms with Crippen LogP contribution in [0.5, 0.6) is 17.2 Å². The van der Waals surface area contributed by atoms with Gasteiger partial charge in [0.05, 0.1) is 11.5 Å². The van der Waals surface area contributed by atoms with Gasteiger partial charge in [-0.15, -0.1) is 0 Å². The summed E-state index contributed by atoms with van der Waals surface area (Å²) in [5.74, 6) is 1.77.